The molecule has 2 aromatic rings. The number of carbonyl (C=O) groups is 3. The van der Waals surface area contributed by atoms with E-state index >= 15 is 0 Å². The molecular weight excluding hydrogens is 438 g/mol. The molecule has 0 bridgehead atoms. The van der Waals surface area contributed by atoms with Gasteiger partial charge in [-0.1, -0.05) is 39.0 Å². The highest BCUT2D eigenvalue weighted by Gasteiger charge is 2.42. The number of ether oxygens (including phenoxy) is 4. The summed E-state index contributed by atoms with van der Waals surface area (Å²) in [6.45, 7) is 6.48. The van der Waals surface area contributed by atoms with Gasteiger partial charge in [0.25, 0.3) is 5.91 Å². The van der Waals surface area contributed by atoms with Crippen LogP contribution in [-0.2, 0) is 9.53 Å². The molecule has 2 aliphatic heterocycles. The Labute approximate surface area is 198 Å². The number of carbonyl (C=O) groups excluding carboxylic acids is 3. The van der Waals surface area contributed by atoms with Crippen LogP contribution in [0.3, 0.4) is 0 Å². The first-order chi connectivity index (χ1) is 16.4. The van der Waals surface area contributed by atoms with E-state index in [0.717, 1.165) is 11.3 Å². The van der Waals surface area contributed by atoms with Gasteiger partial charge in [0.05, 0.1) is 18.2 Å². The Balaban J connectivity index is 1.74. The Morgan fingerprint density at radius 1 is 1.12 bits per heavy atom. The van der Waals surface area contributed by atoms with Gasteiger partial charge >= 0.3 is 6.09 Å². The largest absolute Gasteiger partial charge is 0.494 e. The number of hydrogen-bond acceptors (Lipinski definition) is 7. The van der Waals surface area contributed by atoms with Crippen molar-refractivity contribution < 1.29 is 33.3 Å². The number of benzene rings is 2. The van der Waals surface area contributed by atoms with Crippen molar-refractivity contribution in [1.82, 2.24) is 4.90 Å². The average molecular weight is 466 g/mol. The fourth-order valence-electron chi connectivity index (χ4n) is 3.79. The summed E-state index contributed by atoms with van der Waals surface area (Å²) in [5.74, 6) is 0.366. The van der Waals surface area contributed by atoms with Gasteiger partial charge in [0.1, 0.15) is 12.4 Å². The normalized spacial score (nSPS) is 17.2. The van der Waals surface area contributed by atoms with Crippen LogP contribution in [0.2, 0.25) is 0 Å². The number of amides is 2. The summed E-state index contributed by atoms with van der Waals surface area (Å²) >= 11 is 0. The predicted octanol–water partition coefficient (Wildman–Crippen LogP) is 4.47. The van der Waals surface area contributed by atoms with E-state index in [4.69, 9.17) is 18.9 Å². The van der Waals surface area contributed by atoms with Crippen molar-refractivity contribution in [3.05, 3.63) is 59.2 Å². The fraction of sp³-hybridized carbons (Fsp3) is 0.346. The van der Waals surface area contributed by atoms with Crippen LogP contribution in [-0.4, -0.2) is 48.7 Å². The molecule has 8 nitrogen and oxygen atoms in total. The topological polar surface area (TPSA) is 91.4 Å². The van der Waals surface area contributed by atoms with Gasteiger partial charge in [-0.15, -0.1) is 0 Å². The number of imide groups is 1. The molecule has 34 heavy (non-hydrogen) atoms. The van der Waals surface area contributed by atoms with Crippen molar-refractivity contribution in [1.29, 1.82) is 0 Å². The van der Waals surface area contributed by atoms with E-state index in [2.05, 4.69) is 0 Å². The third-order valence-corrected chi connectivity index (χ3v) is 5.65. The maximum absolute atomic E-state index is 13.6. The summed E-state index contributed by atoms with van der Waals surface area (Å²) in [6, 6.07) is 11.3. The van der Waals surface area contributed by atoms with E-state index in [1.54, 1.807) is 42.5 Å². The van der Waals surface area contributed by atoms with E-state index in [-0.39, 0.29) is 30.5 Å². The van der Waals surface area contributed by atoms with Gasteiger partial charge in [-0.25, -0.2) is 9.69 Å². The summed E-state index contributed by atoms with van der Waals surface area (Å²) < 4.78 is 21.6. The van der Waals surface area contributed by atoms with Crippen molar-refractivity contribution in [2.24, 2.45) is 5.92 Å². The smallest absolute Gasteiger partial charge is 0.417 e. The fourth-order valence-corrected chi connectivity index (χ4v) is 3.79. The molecule has 0 aromatic heterocycles. The van der Waals surface area contributed by atoms with Crippen LogP contribution in [0.5, 0.6) is 17.2 Å². The van der Waals surface area contributed by atoms with Crippen molar-refractivity contribution in [3.63, 3.8) is 0 Å². The minimum absolute atomic E-state index is 0.0388. The second-order valence-corrected chi connectivity index (χ2v) is 8.44. The second-order valence-electron chi connectivity index (χ2n) is 8.44. The summed E-state index contributed by atoms with van der Waals surface area (Å²) in [4.78, 5) is 40.7. The molecule has 4 rings (SSSR count). The maximum atomic E-state index is 13.6. The lowest BCUT2D eigenvalue weighted by Crippen LogP contribution is -2.43. The molecule has 2 amide bonds. The lowest BCUT2D eigenvalue weighted by molar-refractivity contribution is -0.125. The molecule has 0 radical (unpaired) electrons. The maximum Gasteiger partial charge on any atom is 0.417 e. The molecule has 1 fully saturated rings. The minimum atomic E-state index is -0.756. The van der Waals surface area contributed by atoms with Crippen molar-refractivity contribution in [2.45, 2.75) is 33.2 Å². The van der Waals surface area contributed by atoms with Gasteiger partial charge in [0.2, 0.25) is 6.79 Å². The first-order valence-electron chi connectivity index (χ1n) is 11.3. The average Bonchev–Trinajstić information content (AvgIpc) is 3.46. The van der Waals surface area contributed by atoms with Crippen LogP contribution in [0.1, 0.15) is 43.1 Å². The number of Topliss-reactive ketones (excluding diaryl/α,β-unsaturated/α-hetero) is 1. The Kier molecular flexibility index (Phi) is 6.86. The zero-order valence-corrected chi connectivity index (χ0v) is 19.4. The zero-order chi connectivity index (χ0) is 24.2. The number of nitrogens with zero attached hydrogens (tertiary/aromatic N) is 1. The predicted molar refractivity (Wildman–Crippen MR) is 124 cm³/mol. The molecule has 178 valence electrons. The Bertz CT molecular complexity index is 1140. The SMILES string of the molecule is CCCOc1cccc(C(=O)/C(=C\c2ccc3c(c2)OCO3)C(=O)N2C(=O)OC[C@@H]2C(C)C)c1. The minimum Gasteiger partial charge on any atom is -0.494 e. The Hall–Kier alpha value is -3.81. The van der Waals surface area contributed by atoms with E-state index in [1.807, 2.05) is 20.8 Å². The van der Waals surface area contributed by atoms with Gasteiger partial charge in [-0.05, 0) is 48.2 Å². The van der Waals surface area contributed by atoms with Crippen LogP contribution in [0.15, 0.2) is 48.0 Å². The van der Waals surface area contributed by atoms with Crippen molar-refractivity contribution >= 4 is 23.9 Å². The molecule has 0 spiro atoms. The number of fused-ring (bicyclic) bond motifs is 1. The van der Waals surface area contributed by atoms with Crippen molar-refractivity contribution in [2.75, 3.05) is 20.0 Å². The summed E-state index contributed by atoms with van der Waals surface area (Å²) in [5.41, 5.74) is 0.687. The first kappa shape index (κ1) is 23.4. The van der Waals surface area contributed by atoms with Crippen LogP contribution in [0.4, 0.5) is 4.79 Å². The molecule has 2 heterocycles. The van der Waals surface area contributed by atoms with Gasteiger partial charge in [-0.2, -0.15) is 0 Å². The van der Waals surface area contributed by atoms with E-state index in [1.165, 1.54) is 6.08 Å². The molecule has 0 unspecified atom stereocenters. The third kappa shape index (κ3) is 4.76. The Morgan fingerprint density at radius 3 is 2.68 bits per heavy atom. The molecule has 0 aliphatic carbocycles. The van der Waals surface area contributed by atoms with E-state index in [0.29, 0.717) is 29.4 Å². The second kappa shape index (κ2) is 9.99. The van der Waals surface area contributed by atoms with Gasteiger partial charge < -0.3 is 18.9 Å². The Morgan fingerprint density at radius 2 is 1.91 bits per heavy atom. The van der Waals surface area contributed by atoms with E-state index in [9.17, 15) is 14.4 Å². The molecule has 2 aliphatic rings. The molecule has 2 aromatic carbocycles. The van der Waals surface area contributed by atoms with Gasteiger partial charge in [0.15, 0.2) is 17.3 Å². The molecule has 1 atom stereocenters. The quantitative estimate of drug-likeness (QED) is 0.246. The molecule has 8 heteroatoms. The number of ketones is 1. The lowest BCUT2D eigenvalue weighted by Gasteiger charge is -2.23. The zero-order valence-electron chi connectivity index (χ0n) is 19.4. The summed E-state index contributed by atoms with van der Waals surface area (Å²) in [6.07, 6.45) is 1.53. The lowest BCUT2D eigenvalue weighted by atomic mass is 9.97. The monoisotopic (exact) mass is 465 g/mol. The van der Waals surface area contributed by atoms with Gasteiger partial charge in [0, 0.05) is 5.56 Å². The third-order valence-electron chi connectivity index (χ3n) is 5.65. The van der Waals surface area contributed by atoms with Gasteiger partial charge in [-0.3, -0.25) is 9.59 Å². The highest BCUT2D eigenvalue weighted by atomic mass is 16.7. The highest BCUT2D eigenvalue weighted by Crippen LogP contribution is 2.34. The number of cyclic esters (lactones) is 1. The van der Waals surface area contributed by atoms with Crippen LogP contribution in [0, 0.1) is 5.92 Å². The standard InChI is InChI=1S/C26H27NO7/c1-4-10-31-19-7-5-6-18(13-19)24(28)20(11-17-8-9-22-23(12-17)34-15-33-22)25(29)27-21(16(2)3)14-32-26(27)30/h5-9,11-13,16,21H,4,10,14-15H2,1-3H3/b20-11+/t21-/m1/s1. The van der Waals surface area contributed by atoms with Crippen LogP contribution < -0.4 is 14.2 Å². The van der Waals surface area contributed by atoms with Crippen molar-refractivity contribution in [3.8, 4) is 17.2 Å². The number of hydrogen-bond donors (Lipinski definition) is 0. The van der Waals surface area contributed by atoms with Crippen LogP contribution in [0.25, 0.3) is 6.08 Å². The first-order valence-corrected chi connectivity index (χ1v) is 11.3. The number of rotatable bonds is 8. The molecule has 0 saturated carbocycles. The van der Waals surface area contributed by atoms with Crippen LogP contribution >= 0.6 is 0 Å². The summed E-state index contributed by atoms with van der Waals surface area (Å²) in [5, 5.41) is 0. The molecule has 1 saturated heterocycles. The molecular formula is C26H27NO7. The molecule has 0 N–H and O–H groups in total. The van der Waals surface area contributed by atoms with E-state index < -0.39 is 23.8 Å². The summed E-state index contributed by atoms with van der Waals surface area (Å²) in [7, 11) is 0. The highest BCUT2D eigenvalue weighted by molar-refractivity contribution is 6.30.